The van der Waals surface area contributed by atoms with Crippen LogP contribution in [0.5, 0.6) is 5.88 Å². The van der Waals surface area contributed by atoms with Crippen molar-refractivity contribution >= 4 is 11.5 Å². The number of pyridine rings is 1. The molecule has 0 amide bonds. The summed E-state index contributed by atoms with van der Waals surface area (Å²) < 4.78 is 5.70. The first kappa shape index (κ1) is 12.6. The number of hydrogen-bond acceptors (Lipinski definition) is 4. The van der Waals surface area contributed by atoms with Crippen molar-refractivity contribution in [2.45, 2.75) is 45.1 Å². The molecule has 4 nitrogen and oxygen atoms in total. The van der Waals surface area contributed by atoms with Crippen LogP contribution in [-0.4, -0.2) is 17.6 Å². The molecule has 2 fully saturated rings. The lowest BCUT2D eigenvalue weighted by Gasteiger charge is -2.15. The van der Waals surface area contributed by atoms with Gasteiger partial charge in [-0.3, -0.25) is 0 Å². The highest BCUT2D eigenvalue weighted by molar-refractivity contribution is 5.53. The van der Waals surface area contributed by atoms with Crippen LogP contribution in [0.25, 0.3) is 0 Å². The molecule has 3 rings (SSSR count). The van der Waals surface area contributed by atoms with Crippen LogP contribution in [0.2, 0.25) is 0 Å². The Morgan fingerprint density at radius 1 is 1.32 bits per heavy atom. The fourth-order valence-electron chi connectivity index (χ4n) is 2.29. The first-order valence-corrected chi connectivity index (χ1v) is 7.36. The third kappa shape index (κ3) is 3.75. The summed E-state index contributed by atoms with van der Waals surface area (Å²) in [5.74, 6) is 3.08. The molecular weight excluding hydrogens is 238 g/mol. The summed E-state index contributed by atoms with van der Waals surface area (Å²) in [4.78, 5) is 4.48. The van der Waals surface area contributed by atoms with E-state index in [-0.39, 0.29) is 0 Å². The summed E-state index contributed by atoms with van der Waals surface area (Å²) >= 11 is 0. The molecule has 1 heterocycles. The topological polar surface area (TPSA) is 60.2 Å². The number of nitrogens with two attached hydrogens (primary N) is 1. The van der Waals surface area contributed by atoms with Gasteiger partial charge in [0.05, 0.1) is 12.3 Å². The first-order chi connectivity index (χ1) is 9.20. The molecule has 0 saturated heterocycles. The third-order valence-corrected chi connectivity index (χ3v) is 3.82. The fourth-order valence-corrected chi connectivity index (χ4v) is 2.29. The molecule has 0 bridgehead atoms. The molecular formula is C15H23N3O. The summed E-state index contributed by atoms with van der Waals surface area (Å²) in [6.07, 6.45) is 6.55. The number of anilines is 2. The second-order valence-corrected chi connectivity index (χ2v) is 6.07. The molecule has 2 aliphatic rings. The van der Waals surface area contributed by atoms with Gasteiger partial charge in [-0.15, -0.1) is 0 Å². The van der Waals surface area contributed by atoms with Gasteiger partial charge < -0.3 is 15.8 Å². The van der Waals surface area contributed by atoms with Gasteiger partial charge in [-0.1, -0.05) is 12.8 Å². The minimum absolute atomic E-state index is 0.458. The maximum absolute atomic E-state index is 5.90. The Labute approximate surface area is 114 Å². The van der Waals surface area contributed by atoms with E-state index in [9.17, 15) is 0 Å². The fraction of sp³-hybridized carbons (Fsp3) is 0.667. The Morgan fingerprint density at radius 2 is 2.05 bits per heavy atom. The molecule has 1 atom stereocenters. The number of nitrogen functional groups attached to an aromatic ring is 1. The zero-order chi connectivity index (χ0) is 13.2. The smallest absolute Gasteiger partial charge is 0.239 e. The molecule has 19 heavy (non-hydrogen) atoms. The van der Waals surface area contributed by atoms with Gasteiger partial charge in [0.25, 0.3) is 0 Å². The van der Waals surface area contributed by atoms with Crippen molar-refractivity contribution in [1.29, 1.82) is 0 Å². The van der Waals surface area contributed by atoms with Gasteiger partial charge in [-0.25, -0.2) is 0 Å². The van der Waals surface area contributed by atoms with Gasteiger partial charge in [0.1, 0.15) is 5.82 Å². The number of hydrogen-bond donors (Lipinski definition) is 2. The minimum atomic E-state index is 0.458. The highest BCUT2D eigenvalue weighted by Crippen LogP contribution is 2.34. The van der Waals surface area contributed by atoms with E-state index in [0.717, 1.165) is 18.3 Å². The number of nitrogens with zero attached hydrogens (tertiary/aromatic N) is 1. The van der Waals surface area contributed by atoms with Crippen LogP contribution in [0, 0.1) is 11.8 Å². The summed E-state index contributed by atoms with van der Waals surface area (Å²) in [5, 5.41) is 3.44. The van der Waals surface area contributed by atoms with Crippen molar-refractivity contribution in [3.05, 3.63) is 12.1 Å². The van der Waals surface area contributed by atoms with Crippen molar-refractivity contribution in [3.63, 3.8) is 0 Å². The molecule has 2 aliphatic carbocycles. The number of aromatic nitrogens is 1. The van der Waals surface area contributed by atoms with E-state index < -0.39 is 0 Å². The Bertz CT molecular complexity index is 441. The summed E-state index contributed by atoms with van der Waals surface area (Å²) in [5.41, 5.74) is 6.53. The van der Waals surface area contributed by atoms with E-state index in [1.54, 1.807) is 0 Å². The maximum atomic E-state index is 5.90. The van der Waals surface area contributed by atoms with Crippen LogP contribution in [0.1, 0.15) is 39.0 Å². The molecule has 0 aromatic carbocycles. The van der Waals surface area contributed by atoms with Crippen LogP contribution in [0.15, 0.2) is 12.1 Å². The second-order valence-electron chi connectivity index (χ2n) is 6.07. The molecule has 3 N–H and O–H groups in total. The lowest BCUT2D eigenvalue weighted by Crippen LogP contribution is -2.17. The summed E-state index contributed by atoms with van der Waals surface area (Å²) in [7, 11) is 0. The average Bonchev–Trinajstić information content (AvgIpc) is 3.23. The molecule has 1 aromatic rings. The summed E-state index contributed by atoms with van der Waals surface area (Å²) in [6.45, 7) is 2.96. The monoisotopic (exact) mass is 261 g/mol. The largest absolute Gasteiger partial charge is 0.476 e. The maximum Gasteiger partial charge on any atom is 0.239 e. The van der Waals surface area contributed by atoms with Gasteiger partial charge in [0.2, 0.25) is 5.88 Å². The Hall–Kier alpha value is -1.45. The van der Waals surface area contributed by atoms with Crippen molar-refractivity contribution in [2.24, 2.45) is 11.8 Å². The Kier molecular flexibility index (Phi) is 3.49. The van der Waals surface area contributed by atoms with Crippen molar-refractivity contribution < 1.29 is 4.74 Å². The minimum Gasteiger partial charge on any atom is -0.476 e. The normalized spacial score (nSPS) is 20.1. The van der Waals surface area contributed by atoms with Gasteiger partial charge in [-0.2, -0.15) is 4.98 Å². The number of rotatable bonds is 7. The van der Waals surface area contributed by atoms with E-state index in [1.807, 2.05) is 12.1 Å². The highest BCUT2D eigenvalue weighted by atomic mass is 16.5. The first-order valence-electron chi connectivity index (χ1n) is 7.36. The van der Waals surface area contributed by atoms with E-state index >= 15 is 0 Å². The molecule has 2 saturated carbocycles. The van der Waals surface area contributed by atoms with Crippen molar-refractivity contribution in [3.8, 4) is 5.88 Å². The van der Waals surface area contributed by atoms with E-state index in [4.69, 9.17) is 10.5 Å². The van der Waals surface area contributed by atoms with E-state index in [0.29, 0.717) is 23.5 Å². The standard InChI is InChI=1S/C15H23N3O/c1-10(8-11-2-3-11)17-14-7-6-13(16)15(18-14)19-9-12-4-5-12/h6-7,10-12H,2-5,8-9,16H2,1H3,(H,17,18). The Morgan fingerprint density at radius 3 is 2.74 bits per heavy atom. The molecule has 1 aromatic heterocycles. The lowest BCUT2D eigenvalue weighted by molar-refractivity contribution is 0.290. The molecule has 104 valence electrons. The third-order valence-electron chi connectivity index (χ3n) is 3.82. The second kappa shape index (κ2) is 5.27. The van der Waals surface area contributed by atoms with E-state index in [1.165, 1.54) is 32.1 Å². The Balaban J connectivity index is 1.58. The van der Waals surface area contributed by atoms with Crippen LogP contribution >= 0.6 is 0 Å². The van der Waals surface area contributed by atoms with Crippen molar-refractivity contribution in [2.75, 3.05) is 17.7 Å². The highest BCUT2D eigenvalue weighted by Gasteiger charge is 2.24. The average molecular weight is 261 g/mol. The molecule has 4 heteroatoms. The zero-order valence-electron chi connectivity index (χ0n) is 11.6. The lowest BCUT2D eigenvalue weighted by atomic mass is 10.1. The van der Waals surface area contributed by atoms with Crippen LogP contribution < -0.4 is 15.8 Å². The molecule has 0 spiro atoms. The predicted molar refractivity (Wildman–Crippen MR) is 77.3 cm³/mol. The number of ether oxygens (including phenoxy) is 1. The zero-order valence-corrected chi connectivity index (χ0v) is 11.6. The molecule has 0 aliphatic heterocycles. The quantitative estimate of drug-likeness (QED) is 0.792. The van der Waals surface area contributed by atoms with Gasteiger partial charge >= 0.3 is 0 Å². The molecule has 1 unspecified atom stereocenters. The van der Waals surface area contributed by atoms with E-state index in [2.05, 4.69) is 17.2 Å². The van der Waals surface area contributed by atoms with Crippen molar-refractivity contribution in [1.82, 2.24) is 4.98 Å². The number of nitrogens with one attached hydrogen (secondary N) is 1. The van der Waals surface area contributed by atoms with Gasteiger partial charge in [0, 0.05) is 6.04 Å². The predicted octanol–water partition coefficient (Wildman–Crippen LogP) is 3.05. The van der Waals surface area contributed by atoms with Crippen LogP contribution in [0.4, 0.5) is 11.5 Å². The summed E-state index contributed by atoms with van der Waals surface area (Å²) in [6, 6.07) is 4.27. The molecule has 0 radical (unpaired) electrons. The van der Waals surface area contributed by atoms with Crippen LogP contribution in [0.3, 0.4) is 0 Å². The van der Waals surface area contributed by atoms with Crippen LogP contribution in [-0.2, 0) is 0 Å². The van der Waals surface area contributed by atoms with Gasteiger partial charge in [-0.05, 0) is 50.2 Å². The van der Waals surface area contributed by atoms with Gasteiger partial charge in [0.15, 0.2) is 0 Å². The SMILES string of the molecule is CC(CC1CC1)Nc1ccc(N)c(OCC2CC2)n1.